The van der Waals surface area contributed by atoms with E-state index in [1.54, 1.807) is 28.8 Å². The first kappa shape index (κ1) is 11.2. The summed E-state index contributed by atoms with van der Waals surface area (Å²) in [5.41, 5.74) is 2.47. The molecule has 0 amide bonds. The molecule has 0 saturated heterocycles. The third kappa shape index (κ3) is 2.43. The smallest absolute Gasteiger partial charge is 0.251 e. The fraction of sp³-hybridized carbons (Fsp3) is 0.143. The number of benzene rings is 1. The van der Waals surface area contributed by atoms with Crippen LogP contribution in [0.5, 0.6) is 0 Å². The Morgan fingerprint density at radius 2 is 2.00 bits per heavy atom. The van der Waals surface area contributed by atoms with Crippen LogP contribution in [0.3, 0.4) is 0 Å². The van der Waals surface area contributed by atoms with Crippen LogP contribution in [-0.2, 0) is 6.54 Å². The summed E-state index contributed by atoms with van der Waals surface area (Å²) in [7, 11) is 0. The highest BCUT2D eigenvalue weighted by atomic mass is 16.1. The summed E-state index contributed by atoms with van der Waals surface area (Å²) in [6.07, 6.45) is 0. The molecular formula is C14H12N2O. The van der Waals surface area contributed by atoms with Crippen molar-refractivity contribution in [2.75, 3.05) is 0 Å². The summed E-state index contributed by atoms with van der Waals surface area (Å²) in [4.78, 5) is 11.7. The van der Waals surface area contributed by atoms with E-state index in [1.165, 1.54) is 0 Å². The van der Waals surface area contributed by atoms with Gasteiger partial charge in [0.05, 0.1) is 18.2 Å². The van der Waals surface area contributed by atoms with E-state index in [1.807, 2.05) is 25.1 Å². The van der Waals surface area contributed by atoms with Crippen molar-refractivity contribution in [3.63, 3.8) is 0 Å². The van der Waals surface area contributed by atoms with E-state index >= 15 is 0 Å². The molecular weight excluding hydrogens is 212 g/mol. The maximum Gasteiger partial charge on any atom is 0.251 e. The van der Waals surface area contributed by atoms with Gasteiger partial charge < -0.3 is 4.57 Å². The van der Waals surface area contributed by atoms with Gasteiger partial charge in [-0.05, 0) is 30.7 Å². The molecule has 3 nitrogen and oxygen atoms in total. The number of aryl methyl sites for hydroxylation is 1. The zero-order chi connectivity index (χ0) is 12.3. The van der Waals surface area contributed by atoms with Crippen molar-refractivity contribution >= 4 is 0 Å². The van der Waals surface area contributed by atoms with E-state index in [-0.39, 0.29) is 5.56 Å². The number of aromatic nitrogens is 1. The average molecular weight is 224 g/mol. The molecule has 0 N–H and O–H groups in total. The predicted molar refractivity (Wildman–Crippen MR) is 65.7 cm³/mol. The van der Waals surface area contributed by atoms with Crippen LogP contribution in [0.15, 0.2) is 47.3 Å². The number of nitriles is 1. The second-order valence-electron chi connectivity index (χ2n) is 3.90. The largest absolute Gasteiger partial charge is 0.309 e. The van der Waals surface area contributed by atoms with Crippen LogP contribution in [-0.4, -0.2) is 4.57 Å². The van der Waals surface area contributed by atoms with Crippen molar-refractivity contribution in [1.29, 1.82) is 5.26 Å². The van der Waals surface area contributed by atoms with E-state index in [0.717, 1.165) is 11.3 Å². The van der Waals surface area contributed by atoms with Gasteiger partial charge in [0, 0.05) is 11.8 Å². The highest BCUT2D eigenvalue weighted by Crippen LogP contribution is 2.06. The molecule has 84 valence electrons. The number of nitrogens with zero attached hydrogens (tertiary/aromatic N) is 2. The second-order valence-corrected chi connectivity index (χ2v) is 3.90. The van der Waals surface area contributed by atoms with Crippen molar-refractivity contribution in [3.05, 3.63) is 69.6 Å². The molecule has 0 saturated carbocycles. The topological polar surface area (TPSA) is 45.8 Å². The van der Waals surface area contributed by atoms with E-state index in [0.29, 0.717) is 12.1 Å². The monoisotopic (exact) mass is 224 g/mol. The average Bonchev–Trinajstić information content (AvgIpc) is 2.34. The Morgan fingerprint density at radius 3 is 2.71 bits per heavy atom. The molecule has 1 aromatic carbocycles. The molecule has 0 aliphatic rings. The van der Waals surface area contributed by atoms with E-state index in [9.17, 15) is 4.79 Å². The normalized spacial score (nSPS) is 9.88. The Balaban J connectivity index is 2.39. The zero-order valence-electron chi connectivity index (χ0n) is 9.55. The second kappa shape index (κ2) is 4.67. The van der Waals surface area contributed by atoms with Crippen LogP contribution < -0.4 is 5.56 Å². The van der Waals surface area contributed by atoms with Crippen molar-refractivity contribution in [3.8, 4) is 6.07 Å². The highest BCUT2D eigenvalue weighted by molar-refractivity contribution is 5.33. The van der Waals surface area contributed by atoms with Gasteiger partial charge in [0.25, 0.3) is 5.56 Å². The molecule has 0 bridgehead atoms. The fourth-order valence-electron chi connectivity index (χ4n) is 1.75. The van der Waals surface area contributed by atoms with Crippen LogP contribution in [0.4, 0.5) is 0 Å². The SMILES string of the molecule is Cc1cccc(=O)n1Cc1cccc(C#N)c1. The molecule has 3 heteroatoms. The van der Waals surface area contributed by atoms with E-state index < -0.39 is 0 Å². The minimum atomic E-state index is -0.0210. The molecule has 0 radical (unpaired) electrons. The lowest BCUT2D eigenvalue weighted by Gasteiger charge is -2.09. The molecule has 17 heavy (non-hydrogen) atoms. The van der Waals surface area contributed by atoms with Gasteiger partial charge in [-0.25, -0.2) is 0 Å². The molecule has 0 unspecified atom stereocenters. The fourth-order valence-corrected chi connectivity index (χ4v) is 1.75. The summed E-state index contributed by atoms with van der Waals surface area (Å²) in [6, 6.07) is 14.6. The minimum absolute atomic E-state index is 0.0210. The Kier molecular flexibility index (Phi) is 3.06. The van der Waals surface area contributed by atoms with Gasteiger partial charge in [0.15, 0.2) is 0 Å². The Labute approximate surface area is 99.6 Å². The van der Waals surface area contributed by atoms with Crippen molar-refractivity contribution in [1.82, 2.24) is 4.57 Å². The van der Waals surface area contributed by atoms with Crippen molar-refractivity contribution in [2.24, 2.45) is 0 Å². The Hall–Kier alpha value is -2.34. The van der Waals surface area contributed by atoms with Crippen LogP contribution >= 0.6 is 0 Å². The summed E-state index contributed by atoms with van der Waals surface area (Å²) < 4.78 is 1.69. The van der Waals surface area contributed by atoms with Crippen LogP contribution in [0, 0.1) is 18.3 Å². The quantitative estimate of drug-likeness (QED) is 0.784. The molecule has 1 aromatic heterocycles. The van der Waals surface area contributed by atoms with Gasteiger partial charge in [0.1, 0.15) is 0 Å². The first-order chi connectivity index (χ1) is 8.20. The Bertz CT molecular complexity index is 635. The summed E-state index contributed by atoms with van der Waals surface area (Å²) >= 11 is 0. The number of rotatable bonds is 2. The third-order valence-electron chi connectivity index (χ3n) is 2.66. The van der Waals surface area contributed by atoms with Gasteiger partial charge >= 0.3 is 0 Å². The number of hydrogen-bond acceptors (Lipinski definition) is 2. The van der Waals surface area contributed by atoms with Gasteiger partial charge in [-0.15, -0.1) is 0 Å². The minimum Gasteiger partial charge on any atom is -0.309 e. The van der Waals surface area contributed by atoms with E-state index in [2.05, 4.69) is 6.07 Å². The van der Waals surface area contributed by atoms with Gasteiger partial charge in [-0.1, -0.05) is 18.2 Å². The highest BCUT2D eigenvalue weighted by Gasteiger charge is 2.01. The maximum atomic E-state index is 11.7. The first-order valence-corrected chi connectivity index (χ1v) is 5.36. The lowest BCUT2D eigenvalue weighted by Crippen LogP contribution is -2.21. The molecule has 0 spiro atoms. The lowest BCUT2D eigenvalue weighted by atomic mass is 10.1. The maximum absolute atomic E-state index is 11.7. The molecule has 0 aliphatic carbocycles. The molecule has 1 heterocycles. The van der Waals surface area contributed by atoms with Gasteiger partial charge in [-0.2, -0.15) is 5.26 Å². The molecule has 2 rings (SSSR count). The molecule has 0 atom stereocenters. The molecule has 2 aromatic rings. The lowest BCUT2D eigenvalue weighted by molar-refractivity contribution is 0.730. The molecule has 0 fully saturated rings. The van der Waals surface area contributed by atoms with Crippen LogP contribution in [0.25, 0.3) is 0 Å². The van der Waals surface area contributed by atoms with Crippen molar-refractivity contribution in [2.45, 2.75) is 13.5 Å². The van der Waals surface area contributed by atoms with Gasteiger partial charge in [0.2, 0.25) is 0 Å². The summed E-state index contributed by atoms with van der Waals surface area (Å²) in [6.45, 7) is 2.40. The predicted octanol–water partition coefficient (Wildman–Crippen LogP) is 2.08. The summed E-state index contributed by atoms with van der Waals surface area (Å²) in [5.74, 6) is 0. The summed E-state index contributed by atoms with van der Waals surface area (Å²) in [5, 5.41) is 8.82. The number of hydrogen-bond donors (Lipinski definition) is 0. The van der Waals surface area contributed by atoms with E-state index in [4.69, 9.17) is 5.26 Å². The van der Waals surface area contributed by atoms with Gasteiger partial charge in [-0.3, -0.25) is 4.79 Å². The zero-order valence-corrected chi connectivity index (χ0v) is 9.55. The number of pyridine rings is 1. The van der Waals surface area contributed by atoms with Crippen LogP contribution in [0.2, 0.25) is 0 Å². The first-order valence-electron chi connectivity index (χ1n) is 5.36. The third-order valence-corrected chi connectivity index (χ3v) is 2.66. The van der Waals surface area contributed by atoms with Crippen molar-refractivity contribution < 1.29 is 0 Å². The standard InChI is InChI=1S/C14H12N2O/c1-11-4-2-7-14(17)16(11)10-13-6-3-5-12(8-13)9-15/h2-8H,10H2,1H3. The Morgan fingerprint density at radius 1 is 1.24 bits per heavy atom. The van der Waals surface area contributed by atoms with Crippen LogP contribution in [0.1, 0.15) is 16.8 Å². The molecule has 0 aliphatic heterocycles.